The van der Waals surface area contributed by atoms with Crippen LogP contribution in [0.25, 0.3) is 0 Å². The van der Waals surface area contributed by atoms with Crippen LogP contribution >= 0.6 is 0 Å². The average Bonchev–Trinajstić information content (AvgIpc) is 1.67. The van der Waals surface area contributed by atoms with Gasteiger partial charge >= 0.3 is 6.03 Å². The number of rotatable bonds is 1. The second-order valence-electron chi connectivity index (χ2n) is 1.36. The fraction of sp³-hybridized carbons (Fsp3) is 0.750. The molecule has 0 saturated carbocycles. The van der Waals surface area contributed by atoms with Crippen LogP contribution < -0.4 is 5.32 Å². The molecule has 0 aromatic carbocycles. The fourth-order valence-electron chi connectivity index (χ4n) is 0.266. The van der Waals surface area contributed by atoms with Gasteiger partial charge in [-0.05, 0) is 6.92 Å². The van der Waals surface area contributed by atoms with Crippen LogP contribution in [0.2, 0.25) is 0 Å². The molecule has 4 heteroatoms. The number of nitrogens with zero attached hydrogens (tertiary/aromatic N) is 1. The minimum atomic E-state index is -0.479. The summed E-state index contributed by atoms with van der Waals surface area (Å²) in [6, 6.07) is -0.479. The lowest BCUT2D eigenvalue weighted by Crippen LogP contribution is -2.34. The minimum absolute atomic E-state index is 0.479. The van der Waals surface area contributed by atoms with Crippen molar-refractivity contribution in [1.29, 1.82) is 0 Å². The van der Waals surface area contributed by atoms with Crippen molar-refractivity contribution in [1.82, 2.24) is 10.4 Å². The number of hydroxylamine groups is 2. The lowest BCUT2D eigenvalue weighted by atomic mass is 10.7. The van der Waals surface area contributed by atoms with Gasteiger partial charge in [-0.3, -0.25) is 5.21 Å². The number of carbonyl (C=O) groups is 1. The predicted octanol–water partition coefficient (Wildman–Crippen LogP) is 0.0369. The highest BCUT2D eigenvalue weighted by Gasteiger charge is 1.99. The standard InChI is InChI=1S/C4H10N2O2/c1-3-5-4(7)6(2)8/h8H,3H2,1-2H3,(H,5,7). The molecule has 0 aliphatic carbocycles. The Balaban J connectivity index is 3.33. The summed E-state index contributed by atoms with van der Waals surface area (Å²) in [7, 11) is 1.27. The van der Waals surface area contributed by atoms with Gasteiger partial charge in [0.05, 0.1) is 0 Å². The lowest BCUT2D eigenvalue weighted by molar-refractivity contribution is -0.0180. The minimum Gasteiger partial charge on any atom is -0.336 e. The van der Waals surface area contributed by atoms with E-state index in [-0.39, 0.29) is 0 Å². The van der Waals surface area contributed by atoms with Crippen LogP contribution in [0, 0.1) is 0 Å². The summed E-state index contributed by atoms with van der Waals surface area (Å²) in [4.78, 5) is 10.3. The summed E-state index contributed by atoms with van der Waals surface area (Å²) in [5, 5.41) is 11.3. The van der Waals surface area contributed by atoms with E-state index in [0.717, 1.165) is 0 Å². The van der Waals surface area contributed by atoms with Gasteiger partial charge in [0.1, 0.15) is 0 Å². The zero-order chi connectivity index (χ0) is 6.57. The molecular weight excluding hydrogens is 108 g/mol. The second kappa shape index (κ2) is 3.26. The first-order chi connectivity index (χ1) is 3.68. The third kappa shape index (κ3) is 2.41. The average molecular weight is 118 g/mol. The Bertz CT molecular complexity index is 82.1. The van der Waals surface area contributed by atoms with E-state index in [4.69, 9.17) is 5.21 Å². The monoisotopic (exact) mass is 118 g/mol. The molecule has 0 aromatic heterocycles. The molecule has 0 atom stereocenters. The smallest absolute Gasteiger partial charge is 0.336 e. The van der Waals surface area contributed by atoms with Crippen molar-refractivity contribution in [2.45, 2.75) is 6.92 Å². The summed E-state index contributed by atoms with van der Waals surface area (Å²) in [6.45, 7) is 2.31. The Kier molecular flexibility index (Phi) is 2.95. The first-order valence-corrected chi connectivity index (χ1v) is 2.39. The normalized spacial score (nSPS) is 8.38. The SMILES string of the molecule is CCNC(=O)N(C)O. The second-order valence-corrected chi connectivity index (χ2v) is 1.36. The first-order valence-electron chi connectivity index (χ1n) is 2.39. The van der Waals surface area contributed by atoms with Gasteiger partial charge in [-0.2, -0.15) is 0 Å². The molecule has 48 valence electrons. The van der Waals surface area contributed by atoms with Gasteiger partial charge in [0.25, 0.3) is 0 Å². The number of amides is 2. The zero-order valence-corrected chi connectivity index (χ0v) is 5.01. The van der Waals surface area contributed by atoms with Crippen LogP contribution in [0.5, 0.6) is 0 Å². The first kappa shape index (κ1) is 7.23. The summed E-state index contributed by atoms with van der Waals surface area (Å²) in [5.74, 6) is 0. The highest BCUT2D eigenvalue weighted by atomic mass is 16.5. The van der Waals surface area contributed by atoms with Crippen LogP contribution in [-0.2, 0) is 0 Å². The van der Waals surface area contributed by atoms with Gasteiger partial charge in [-0.25, -0.2) is 9.86 Å². The van der Waals surface area contributed by atoms with E-state index in [2.05, 4.69) is 5.32 Å². The van der Waals surface area contributed by atoms with Gasteiger partial charge in [0.15, 0.2) is 0 Å². The molecule has 0 spiro atoms. The largest absolute Gasteiger partial charge is 0.340 e. The van der Waals surface area contributed by atoms with Crippen molar-refractivity contribution >= 4 is 6.03 Å². The molecule has 0 heterocycles. The molecule has 4 nitrogen and oxygen atoms in total. The van der Waals surface area contributed by atoms with E-state index in [0.29, 0.717) is 11.6 Å². The summed E-state index contributed by atoms with van der Waals surface area (Å²) in [5.41, 5.74) is 0. The highest BCUT2D eigenvalue weighted by molar-refractivity contribution is 5.72. The van der Waals surface area contributed by atoms with Gasteiger partial charge in [0.2, 0.25) is 0 Å². The molecule has 2 N–H and O–H groups in total. The Morgan fingerprint density at radius 1 is 1.88 bits per heavy atom. The molecule has 0 radical (unpaired) electrons. The van der Waals surface area contributed by atoms with E-state index in [1.807, 2.05) is 0 Å². The van der Waals surface area contributed by atoms with Crippen molar-refractivity contribution in [3.8, 4) is 0 Å². The number of urea groups is 1. The molecule has 0 bridgehead atoms. The van der Waals surface area contributed by atoms with E-state index < -0.39 is 6.03 Å². The van der Waals surface area contributed by atoms with Crippen LogP contribution in [0.15, 0.2) is 0 Å². The molecule has 0 rings (SSSR count). The van der Waals surface area contributed by atoms with Gasteiger partial charge < -0.3 is 5.32 Å². The van der Waals surface area contributed by atoms with Crippen molar-refractivity contribution < 1.29 is 10.0 Å². The molecular formula is C4H10N2O2. The van der Waals surface area contributed by atoms with Gasteiger partial charge in [0, 0.05) is 13.6 Å². The molecule has 8 heavy (non-hydrogen) atoms. The fourth-order valence-corrected chi connectivity index (χ4v) is 0.266. The quantitative estimate of drug-likeness (QED) is 0.377. The summed E-state index contributed by atoms with van der Waals surface area (Å²) in [6.07, 6.45) is 0. The Labute approximate surface area is 48.1 Å². The van der Waals surface area contributed by atoms with Crippen LogP contribution in [0.3, 0.4) is 0 Å². The molecule has 0 fully saturated rings. The Morgan fingerprint density at radius 2 is 2.38 bits per heavy atom. The van der Waals surface area contributed by atoms with Crippen LogP contribution in [0.4, 0.5) is 4.79 Å². The summed E-state index contributed by atoms with van der Waals surface area (Å²) >= 11 is 0. The van der Waals surface area contributed by atoms with E-state index in [1.165, 1.54) is 7.05 Å². The molecule has 2 amide bonds. The molecule has 0 aliphatic rings. The maximum atomic E-state index is 10.3. The number of nitrogens with one attached hydrogen (secondary N) is 1. The summed E-state index contributed by atoms with van der Waals surface area (Å²) < 4.78 is 0. The maximum absolute atomic E-state index is 10.3. The topological polar surface area (TPSA) is 52.6 Å². The molecule has 0 saturated heterocycles. The van der Waals surface area contributed by atoms with E-state index >= 15 is 0 Å². The highest BCUT2D eigenvalue weighted by Crippen LogP contribution is 1.72. The third-order valence-electron chi connectivity index (χ3n) is 0.622. The molecule has 0 aromatic rings. The van der Waals surface area contributed by atoms with Crippen molar-refractivity contribution in [3.05, 3.63) is 0 Å². The van der Waals surface area contributed by atoms with Crippen molar-refractivity contribution in [2.75, 3.05) is 13.6 Å². The maximum Gasteiger partial charge on any atom is 0.340 e. The predicted molar refractivity (Wildman–Crippen MR) is 28.6 cm³/mol. The number of hydrogen-bond donors (Lipinski definition) is 2. The van der Waals surface area contributed by atoms with E-state index in [1.54, 1.807) is 6.92 Å². The Morgan fingerprint density at radius 3 is 2.50 bits per heavy atom. The van der Waals surface area contributed by atoms with Crippen LogP contribution in [0.1, 0.15) is 6.92 Å². The number of hydrogen-bond acceptors (Lipinski definition) is 2. The number of carbonyl (C=O) groups excluding carboxylic acids is 1. The van der Waals surface area contributed by atoms with Crippen LogP contribution in [-0.4, -0.2) is 29.9 Å². The zero-order valence-electron chi connectivity index (χ0n) is 5.01. The molecule has 0 unspecified atom stereocenters. The lowest BCUT2D eigenvalue weighted by Gasteiger charge is -2.06. The van der Waals surface area contributed by atoms with Gasteiger partial charge in [-0.15, -0.1) is 0 Å². The molecule has 0 aliphatic heterocycles. The van der Waals surface area contributed by atoms with Crippen molar-refractivity contribution in [2.24, 2.45) is 0 Å². The van der Waals surface area contributed by atoms with E-state index in [9.17, 15) is 4.79 Å². The van der Waals surface area contributed by atoms with Gasteiger partial charge in [-0.1, -0.05) is 0 Å². The van der Waals surface area contributed by atoms with Crippen molar-refractivity contribution in [3.63, 3.8) is 0 Å². The third-order valence-corrected chi connectivity index (χ3v) is 0.622. The Hall–Kier alpha value is -0.770.